The van der Waals surface area contributed by atoms with Gasteiger partial charge in [0.15, 0.2) is 5.82 Å². The molecule has 0 bridgehead atoms. The Morgan fingerprint density at radius 1 is 0.978 bits per heavy atom. The lowest BCUT2D eigenvalue weighted by molar-refractivity contribution is -0.130. The van der Waals surface area contributed by atoms with Crippen molar-refractivity contribution in [3.05, 3.63) is 75.6 Å². The Kier molecular flexibility index (Phi) is 8.86. The van der Waals surface area contributed by atoms with Crippen LogP contribution in [0.25, 0.3) is 0 Å². The minimum Gasteiger partial charge on any atom is -0.352 e. The molecule has 6 rings (SSSR count). The van der Waals surface area contributed by atoms with Gasteiger partial charge in [0.1, 0.15) is 6.04 Å². The zero-order valence-corrected chi connectivity index (χ0v) is 26.5. The first-order valence-corrected chi connectivity index (χ1v) is 16.4. The second kappa shape index (κ2) is 13.0. The molecule has 1 aromatic heterocycles. The van der Waals surface area contributed by atoms with Crippen molar-refractivity contribution < 1.29 is 14.4 Å². The number of amides is 3. The largest absolute Gasteiger partial charge is 0.352 e. The van der Waals surface area contributed by atoms with Crippen molar-refractivity contribution >= 4 is 17.7 Å². The van der Waals surface area contributed by atoms with E-state index in [1.807, 2.05) is 50.2 Å². The molecule has 4 N–H and O–H groups in total. The number of nitrogens with one attached hydrogen (secondary N) is 4. The molecule has 0 radical (unpaired) electrons. The third kappa shape index (κ3) is 5.64. The molecule has 1 saturated heterocycles. The maximum Gasteiger partial charge on any atom is 0.251 e. The van der Waals surface area contributed by atoms with Gasteiger partial charge in [-0.15, -0.1) is 10.2 Å². The van der Waals surface area contributed by atoms with E-state index in [-0.39, 0.29) is 30.3 Å². The Morgan fingerprint density at radius 2 is 1.61 bits per heavy atom. The molecule has 2 heterocycles. The predicted molar refractivity (Wildman–Crippen MR) is 170 cm³/mol. The van der Waals surface area contributed by atoms with E-state index in [1.165, 1.54) is 0 Å². The standard InChI is InChI=1S/C34H41N9O3/c1-3-36-30(45)24-10-12-27-22(17-24)8-9-23-18-25(31(46)37-4-2)11-13-28(23)34(27,32-39-41-42-40-32)21-33(14-6-15-33)38-20-29(44)43-16-5-7-26(43)19-35/h10-13,17-18,26,38H,3-9,14-16,20-21H2,1-2H3,(H,36,45)(H,37,46)(H,39,40,41,42)/t26-/m0/s1. The Morgan fingerprint density at radius 3 is 2.11 bits per heavy atom. The summed E-state index contributed by atoms with van der Waals surface area (Å²) in [6.45, 7) is 5.57. The fourth-order valence-electron chi connectivity index (χ4n) is 7.60. The van der Waals surface area contributed by atoms with E-state index in [1.54, 1.807) is 4.90 Å². The molecular formula is C34H41N9O3. The summed E-state index contributed by atoms with van der Waals surface area (Å²) >= 11 is 0. The van der Waals surface area contributed by atoms with Crippen LogP contribution in [0.4, 0.5) is 0 Å². The maximum absolute atomic E-state index is 13.4. The zero-order chi connectivity index (χ0) is 32.3. The van der Waals surface area contributed by atoms with Gasteiger partial charge < -0.3 is 20.9 Å². The summed E-state index contributed by atoms with van der Waals surface area (Å²) in [6.07, 6.45) is 6.07. The Labute approximate surface area is 268 Å². The maximum atomic E-state index is 13.4. The van der Waals surface area contributed by atoms with Crippen molar-refractivity contribution in [1.29, 1.82) is 5.26 Å². The van der Waals surface area contributed by atoms with Crippen molar-refractivity contribution in [2.75, 3.05) is 26.2 Å². The first-order chi connectivity index (χ1) is 22.3. The van der Waals surface area contributed by atoms with E-state index >= 15 is 0 Å². The highest BCUT2D eigenvalue weighted by Gasteiger charge is 2.52. The van der Waals surface area contributed by atoms with E-state index in [4.69, 9.17) is 0 Å². The third-order valence-electron chi connectivity index (χ3n) is 9.97. The minimum absolute atomic E-state index is 0.0660. The molecule has 12 heteroatoms. The highest BCUT2D eigenvalue weighted by Crippen LogP contribution is 2.52. The number of hydrogen-bond acceptors (Lipinski definition) is 8. The molecular weight excluding hydrogens is 582 g/mol. The summed E-state index contributed by atoms with van der Waals surface area (Å²) in [7, 11) is 0. The molecule has 3 aromatic rings. The molecule has 2 aromatic carbocycles. The van der Waals surface area contributed by atoms with Gasteiger partial charge in [0, 0.05) is 36.3 Å². The number of carbonyl (C=O) groups excluding carboxylic acids is 3. The predicted octanol–water partition coefficient (Wildman–Crippen LogP) is 2.55. The van der Waals surface area contributed by atoms with Gasteiger partial charge >= 0.3 is 0 Å². The molecule has 1 aliphatic heterocycles. The number of benzene rings is 2. The smallest absolute Gasteiger partial charge is 0.251 e. The van der Waals surface area contributed by atoms with E-state index < -0.39 is 11.0 Å². The van der Waals surface area contributed by atoms with Crippen LogP contribution in [0.3, 0.4) is 0 Å². The van der Waals surface area contributed by atoms with Crippen LogP contribution >= 0.6 is 0 Å². The number of likely N-dealkylation sites (tertiary alicyclic amines) is 1. The second-order valence-corrected chi connectivity index (χ2v) is 12.6. The summed E-state index contributed by atoms with van der Waals surface area (Å²) in [4.78, 5) is 40.9. The van der Waals surface area contributed by atoms with Gasteiger partial charge in [-0.25, -0.2) is 0 Å². The van der Waals surface area contributed by atoms with Gasteiger partial charge in [-0.3, -0.25) is 14.4 Å². The molecule has 3 aliphatic rings. The van der Waals surface area contributed by atoms with Crippen LogP contribution in [0.2, 0.25) is 0 Å². The molecule has 1 saturated carbocycles. The highest BCUT2D eigenvalue weighted by atomic mass is 16.2. The number of carbonyl (C=O) groups is 3. The number of hydrogen-bond donors (Lipinski definition) is 4. The van der Waals surface area contributed by atoms with Crippen molar-refractivity contribution in [3.8, 4) is 6.07 Å². The van der Waals surface area contributed by atoms with E-state index in [0.717, 1.165) is 47.9 Å². The van der Waals surface area contributed by atoms with Crippen LogP contribution in [-0.2, 0) is 23.1 Å². The van der Waals surface area contributed by atoms with Gasteiger partial charge in [-0.2, -0.15) is 10.5 Å². The number of rotatable bonds is 10. The SMILES string of the molecule is CCNC(=O)c1ccc2c(c1)CCc1cc(C(=O)NCC)ccc1C2(CC1(NCC(=O)N2CCC[C@H]2C#N)CCC1)c1nn[nH]n1. The van der Waals surface area contributed by atoms with Crippen LogP contribution in [-0.4, -0.2) is 81.0 Å². The van der Waals surface area contributed by atoms with Crippen LogP contribution in [0.15, 0.2) is 36.4 Å². The van der Waals surface area contributed by atoms with E-state index in [2.05, 4.69) is 42.6 Å². The van der Waals surface area contributed by atoms with Gasteiger partial charge in [0.2, 0.25) is 5.91 Å². The van der Waals surface area contributed by atoms with Gasteiger partial charge in [0.25, 0.3) is 11.8 Å². The van der Waals surface area contributed by atoms with Crippen LogP contribution in [0.1, 0.15) is 101 Å². The summed E-state index contributed by atoms with van der Waals surface area (Å²) in [5, 5.41) is 34.9. The lowest BCUT2D eigenvalue weighted by atomic mass is 9.60. The number of fused-ring (bicyclic) bond motifs is 2. The van der Waals surface area contributed by atoms with Crippen LogP contribution in [0.5, 0.6) is 0 Å². The highest BCUT2D eigenvalue weighted by molar-refractivity contribution is 5.95. The molecule has 1 atom stereocenters. The molecule has 2 aliphatic carbocycles. The molecule has 0 spiro atoms. The zero-order valence-electron chi connectivity index (χ0n) is 26.5. The summed E-state index contributed by atoms with van der Waals surface area (Å²) in [5.74, 6) is 0.161. The Hall–Kier alpha value is -4.63. The molecule has 0 unspecified atom stereocenters. The summed E-state index contributed by atoms with van der Waals surface area (Å²) in [6, 6.07) is 13.6. The number of tetrazole rings is 1. The number of aromatic amines is 1. The lowest BCUT2D eigenvalue weighted by Crippen LogP contribution is -2.58. The average Bonchev–Trinajstić information content (AvgIpc) is 3.75. The van der Waals surface area contributed by atoms with Crippen molar-refractivity contribution in [2.24, 2.45) is 0 Å². The first-order valence-electron chi connectivity index (χ1n) is 16.4. The number of nitriles is 1. The normalized spacial score (nSPS) is 19.2. The number of nitrogens with zero attached hydrogens (tertiary/aromatic N) is 5. The first kappa shape index (κ1) is 31.4. The minimum atomic E-state index is -0.896. The second-order valence-electron chi connectivity index (χ2n) is 12.6. The van der Waals surface area contributed by atoms with Gasteiger partial charge in [-0.05, 0) is 112 Å². The van der Waals surface area contributed by atoms with Crippen molar-refractivity contribution in [1.82, 2.24) is 41.5 Å². The van der Waals surface area contributed by atoms with Crippen LogP contribution < -0.4 is 16.0 Å². The van der Waals surface area contributed by atoms with Crippen molar-refractivity contribution in [3.63, 3.8) is 0 Å². The van der Waals surface area contributed by atoms with E-state index in [0.29, 0.717) is 62.3 Å². The third-order valence-corrected chi connectivity index (χ3v) is 9.97. The Bertz CT molecular complexity index is 1590. The quantitative estimate of drug-likeness (QED) is 0.267. The molecule has 2 fully saturated rings. The molecule has 46 heavy (non-hydrogen) atoms. The number of H-pyrrole nitrogens is 1. The van der Waals surface area contributed by atoms with E-state index in [9.17, 15) is 19.6 Å². The average molecular weight is 624 g/mol. The lowest BCUT2D eigenvalue weighted by Gasteiger charge is -2.49. The number of aromatic nitrogens is 4. The van der Waals surface area contributed by atoms with Crippen LogP contribution in [0, 0.1) is 11.3 Å². The molecule has 12 nitrogen and oxygen atoms in total. The van der Waals surface area contributed by atoms with Gasteiger partial charge in [0.05, 0.1) is 18.0 Å². The Balaban J connectivity index is 1.47. The fraction of sp³-hybridized carbons (Fsp3) is 0.500. The van der Waals surface area contributed by atoms with Crippen molar-refractivity contribution in [2.45, 2.75) is 82.2 Å². The van der Waals surface area contributed by atoms with Gasteiger partial charge in [-0.1, -0.05) is 17.3 Å². The summed E-state index contributed by atoms with van der Waals surface area (Å²) < 4.78 is 0. The molecule has 240 valence electrons. The topological polar surface area (TPSA) is 169 Å². The number of aryl methyl sites for hydroxylation is 2. The monoisotopic (exact) mass is 623 g/mol. The molecule has 3 amide bonds. The fourth-order valence-corrected chi connectivity index (χ4v) is 7.60. The summed E-state index contributed by atoms with van der Waals surface area (Å²) in [5.41, 5.74) is 3.81.